The molecule has 0 bridgehead atoms. The van der Waals surface area contributed by atoms with Crippen molar-refractivity contribution in [3.8, 4) is 11.5 Å². The number of fused-ring (bicyclic) bond motifs is 1. The van der Waals surface area contributed by atoms with E-state index >= 15 is 0 Å². The van der Waals surface area contributed by atoms with Crippen LogP contribution in [0.5, 0.6) is 11.5 Å². The van der Waals surface area contributed by atoms with Crippen LogP contribution in [0.1, 0.15) is 5.56 Å². The number of ether oxygens (including phenoxy) is 2. The lowest BCUT2D eigenvalue weighted by molar-refractivity contribution is -0.113. The molecule has 1 aromatic rings. The summed E-state index contributed by atoms with van der Waals surface area (Å²) in [4.78, 5) is 10.6. The monoisotopic (exact) mass is 269 g/mol. The quantitative estimate of drug-likeness (QED) is 0.831. The van der Waals surface area contributed by atoms with Gasteiger partial charge in [-0.1, -0.05) is 15.9 Å². The molecule has 0 saturated heterocycles. The lowest BCUT2D eigenvalue weighted by atomic mass is 10.1. The molecule has 0 unspecified atom stereocenters. The van der Waals surface area contributed by atoms with Gasteiger partial charge in [0.15, 0.2) is 11.5 Å². The van der Waals surface area contributed by atoms with Crippen molar-refractivity contribution < 1.29 is 14.3 Å². The molecule has 4 nitrogen and oxygen atoms in total. The summed E-state index contributed by atoms with van der Waals surface area (Å²) >= 11 is 3.36. The minimum Gasteiger partial charge on any atom is -0.454 e. The average molecular weight is 270 g/mol. The molecule has 0 atom stereocenters. The summed E-state index contributed by atoms with van der Waals surface area (Å²) in [6.07, 6.45) is 2.88. The number of hydrogen-bond donors (Lipinski definition) is 1. The van der Waals surface area contributed by atoms with E-state index in [1.807, 2.05) is 6.07 Å². The minimum absolute atomic E-state index is 0.198. The van der Waals surface area contributed by atoms with Gasteiger partial charge in [-0.3, -0.25) is 4.79 Å². The number of halogens is 1. The minimum atomic E-state index is -0.501. The smallest absolute Gasteiger partial charge is 0.241 e. The van der Waals surface area contributed by atoms with E-state index in [0.29, 0.717) is 11.5 Å². The molecular weight excluding hydrogens is 262 g/mol. The van der Waals surface area contributed by atoms with Crippen molar-refractivity contribution in [3.63, 3.8) is 0 Å². The van der Waals surface area contributed by atoms with Crippen molar-refractivity contribution in [2.75, 3.05) is 6.79 Å². The van der Waals surface area contributed by atoms with E-state index in [9.17, 15) is 4.79 Å². The molecule has 1 amide bonds. The summed E-state index contributed by atoms with van der Waals surface area (Å²) in [6, 6.07) is 3.63. The third kappa shape index (κ3) is 1.97. The van der Waals surface area contributed by atoms with Gasteiger partial charge >= 0.3 is 0 Å². The molecule has 0 aromatic heterocycles. The van der Waals surface area contributed by atoms with Crippen LogP contribution < -0.4 is 15.2 Å². The van der Waals surface area contributed by atoms with Gasteiger partial charge in [-0.05, 0) is 18.2 Å². The number of nitrogens with two attached hydrogens (primary N) is 1. The fourth-order valence-corrected chi connectivity index (χ4v) is 1.74. The first-order valence-electron chi connectivity index (χ1n) is 4.24. The van der Waals surface area contributed by atoms with Crippen LogP contribution in [0.3, 0.4) is 0 Å². The summed E-state index contributed by atoms with van der Waals surface area (Å²) in [5, 5.41) is 0. The number of primary amides is 1. The van der Waals surface area contributed by atoms with Gasteiger partial charge < -0.3 is 15.2 Å². The molecule has 5 heteroatoms. The SMILES string of the molecule is NC(=O)/C=C/c1c(Br)ccc2c1OCO2. The van der Waals surface area contributed by atoms with E-state index < -0.39 is 5.91 Å². The number of benzene rings is 1. The Kier molecular flexibility index (Phi) is 2.64. The number of amides is 1. The van der Waals surface area contributed by atoms with Gasteiger partial charge in [-0.15, -0.1) is 0 Å². The van der Waals surface area contributed by atoms with Crippen LogP contribution in [0.2, 0.25) is 0 Å². The van der Waals surface area contributed by atoms with Gasteiger partial charge in [0.1, 0.15) is 0 Å². The molecule has 1 aliphatic rings. The predicted molar refractivity (Wildman–Crippen MR) is 58.5 cm³/mol. The maximum Gasteiger partial charge on any atom is 0.241 e. The first-order valence-corrected chi connectivity index (χ1v) is 5.03. The fraction of sp³-hybridized carbons (Fsp3) is 0.100. The van der Waals surface area contributed by atoms with Crippen LogP contribution in [0.4, 0.5) is 0 Å². The second kappa shape index (κ2) is 3.94. The summed E-state index contributed by atoms with van der Waals surface area (Å²) in [6.45, 7) is 0.198. The Bertz CT molecular complexity index is 443. The molecule has 0 spiro atoms. The molecule has 0 saturated carbocycles. The van der Waals surface area contributed by atoms with Crippen molar-refractivity contribution in [1.82, 2.24) is 0 Å². The Hall–Kier alpha value is -1.49. The lowest BCUT2D eigenvalue weighted by Crippen LogP contribution is -2.05. The molecule has 78 valence electrons. The predicted octanol–water partition coefficient (Wildman–Crippen LogP) is 1.68. The molecule has 1 aromatic carbocycles. The molecule has 1 aliphatic heterocycles. The van der Waals surface area contributed by atoms with E-state index in [1.165, 1.54) is 6.08 Å². The Morgan fingerprint density at radius 1 is 1.47 bits per heavy atom. The molecule has 0 fully saturated rings. The fourth-order valence-electron chi connectivity index (χ4n) is 1.29. The van der Waals surface area contributed by atoms with Crippen molar-refractivity contribution in [1.29, 1.82) is 0 Å². The molecule has 0 radical (unpaired) electrons. The first kappa shape index (κ1) is 10.0. The van der Waals surface area contributed by atoms with E-state index in [2.05, 4.69) is 15.9 Å². The summed E-state index contributed by atoms with van der Waals surface area (Å²) < 4.78 is 11.3. The van der Waals surface area contributed by atoms with Gasteiger partial charge in [-0.2, -0.15) is 0 Å². The van der Waals surface area contributed by atoms with Gasteiger partial charge in [0.2, 0.25) is 12.7 Å². The summed E-state index contributed by atoms with van der Waals surface area (Å²) in [7, 11) is 0. The van der Waals surface area contributed by atoms with Crippen LogP contribution >= 0.6 is 15.9 Å². The summed E-state index contributed by atoms with van der Waals surface area (Å²) in [5.41, 5.74) is 5.78. The third-order valence-electron chi connectivity index (χ3n) is 1.94. The molecule has 15 heavy (non-hydrogen) atoms. The Morgan fingerprint density at radius 3 is 3.00 bits per heavy atom. The zero-order chi connectivity index (χ0) is 10.8. The Labute approximate surface area is 94.8 Å². The van der Waals surface area contributed by atoms with Crippen molar-refractivity contribution in [3.05, 3.63) is 28.2 Å². The Morgan fingerprint density at radius 2 is 2.27 bits per heavy atom. The summed E-state index contributed by atoms with van der Waals surface area (Å²) in [5.74, 6) is 0.794. The molecule has 2 rings (SSSR count). The number of carbonyl (C=O) groups is 1. The zero-order valence-corrected chi connectivity index (χ0v) is 9.28. The first-order chi connectivity index (χ1) is 7.18. The van der Waals surface area contributed by atoms with Crippen LogP contribution in [0.25, 0.3) is 6.08 Å². The van der Waals surface area contributed by atoms with Crippen LogP contribution in [-0.2, 0) is 4.79 Å². The number of carbonyl (C=O) groups excluding carboxylic acids is 1. The lowest BCUT2D eigenvalue weighted by Gasteiger charge is -2.03. The van der Waals surface area contributed by atoms with Crippen LogP contribution in [0, 0.1) is 0 Å². The van der Waals surface area contributed by atoms with Crippen molar-refractivity contribution in [2.45, 2.75) is 0 Å². The highest BCUT2D eigenvalue weighted by atomic mass is 79.9. The maximum atomic E-state index is 10.6. The van der Waals surface area contributed by atoms with E-state index in [0.717, 1.165) is 10.0 Å². The maximum absolute atomic E-state index is 10.6. The van der Waals surface area contributed by atoms with Crippen LogP contribution in [-0.4, -0.2) is 12.7 Å². The number of hydrogen-bond acceptors (Lipinski definition) is 3. The van der Waals surface area contributed by atoms with E-state index in [4.69, 9.17) is 15.2 Å². The molecular formula is C10H8BrNO3. The largest absolute Gasteiger partial charge is 0.454 e. The zero-order valence-electron chi connectivity index (χ0n) is 7.70. The normalized spacial score (nSPS) is 13.4. The van der Waals surface area contributed by atoms with Crippen molar-refractivity contribution in [2.24, 2.45) is 5.73 Å². The molecule has 0 aliphatic carbocycles. The van der Waals surface area contributed by atoms with Gasteiger partial charge in [0.25, 0.3) is 0 Å². The molecule has 1 heterocycles. The van der Waals surface area contributed by atoms with Gasteiger partial charge in [-0.25, -0.2) is 0 Å². The van der Waals surface area contributed by atoms with E-state index in [1.54, 1.807) is 12.1 Å². The highest BCUT2D eigenvalue weighted by Gasteiger charge is 2.18. The highest BCUT2D eigenvalue weighted by Crippen LogP contribution is 2.40. The van der Waals surface area contributed by atoms with Crippen molar-refractivity contribution >= 4 is 27.9 Å². The average Bonchev–Trinajstić information content (AvgIpc) is 2.63. The molecule has 2 N–H and O–H groups in total. The van der Waals surface area contributed by atoms with Gasteiger partial charge in [0, 0.05) is 16.1 Å². The van der Waals surface area contributed by atoms with Gasteiger partial charge in [0.05, 0.1) is 0 Å². The number of rotatable bonds is 2. The standard InChI is InChI=1S/C10H8BrNO3/c11-7-2-3-8-10(15-5-14-8)6(7)1-4-9(12)13/h1-4H,5H2,(H2,12,13)/b4-1+. The van der Waals surface area contributed by atoms with Crippen LogP contribution in [0.15, 0.2) is 22.7 Å². The highest BCUT2D eigenvalue weighted by molar-refractivity contribution is 9.10. The second-order valence-corrected chi connectivity index (χ2v) is 3.78. The Balaban J connectivity index is 2.45. The second-order valence-electron chi connectivity index (χ2n) is 2.93. The van der Waals surface area contributed by atoms with E-state index in [-0.39, 0.29) is 6.79 Å². The topological polar surface area (TPSA) is 61.6 Å². The third-order valence-corrected chi connectivity index (χ3v) is 2.63.